The van der Waals surface area contributed by atoms with Crippen molar-refractivity contribution in [2.24, 2.45) is 0 Å². The average molecular weight is 582 g/mol. The molecule has 1 aliphatic heterocycles. The van der Waals surface area contributed by atoms with Gasteiger partial charge in [0, 0.05) is 5.56 Å². The molecule has 1 fully saturated rings. The van der Waals surface area contributed by atoms with Crippen molar-refractivity contribution in [3.05, 3.63) is 120 Å². The number of esters is 2. The topological polar surface area (TPSA) is 135 Å². The molecule has 4 unspecified atom stereocenters. The second kappa shape index (κ2) is 12.2. The number of ether oxygens (including phenoxy) is 3. The lowest BCUT2D eigenvalue weighted by Gasteiger charge is -2.19. The lowest BCUT2D eigenvalue weighted by atomic mass is 10.1. The van der Waals surface area contributed by atoms with Gasteiger partial charge in [-0.2, -0.15) is 0 Å². The van der Waals surface area contributed by atoms with Crippen LogP contribution in [0.4, 0.5) is 10.2 Å². The maximum absolute atomic E-state index is 16.1. The molecule has 0 aliphatic carbocycles. The summed E-state index contributed by atoms with van der Waals surface area (Å²) in [5, 5.41) is 2.70. The highest BCUT2D eigenvalue weighted by Crippen LogP contribution is 2.36. The normalized spacial score (nSPS) is 19.6. The predicted molar refractivity (Wildman–Crippen MR) is 151 cm³/mol. The number of hydrogen-bond donors (Lipinski definition) is 1. The van der Waals surface area contributed by atoms with E-state index in [0.717, 1.165) is 0 Å². The quantitative estimate of drug-likeness (QED) is 0.265. The number of anilines is 1. The Hall–Kier alpha value is -5.49. The van der Waals surface area contributed by atoms with Crippen molar-refractivity contribution in [1.82, 2.24) is 19.5 Å². The maximum Gasteiger partial charge on any atom is 0.338 e. The van der Waals surface area contributed by atoms with Crippen LogP contribution in [0.3, 0.4) is 0 Å². The van der Waals surface area contributed by atoms with Crippen LogP contribution >= 0.6 is 0 Å². The number of imidazole rings is 1. The molecule has 1 saturated heterocycles. The molecule has 6 rings (SSSR count). The monoisotopic (exact) mass is 581 g/mol. The van der Waals surface area contributed by atoms with E-state index in [1.54, 1.807) is 91.0 Å². The van der Waals surface area contributed by atoms with E-state index in [1.807, 2.05) is 0 Å². The molecule has 3 aromatic carbocycles. The van der Waals surface area contributed by atoms with E-state index in [9.17, 15) is 14.4 Å². The number of nitrogens with zero attached hydrogens (tertiary/aromatic N) is 4. The zero-order valence-corrected chi connectivity index (χ0v) is 22.4. The standard InChI is InChI=1S/C31H24FN5O6/c32-23-25(43-31(40)21-14-8-3-9-15-21)22(16-41-30(39)20-12-6-2-7-13-20)42-29(23)37-18-35-24-26(33-17-34-27(24)37)36-28(38)19-10-4-1-5-11-19/h1-15,17-18,22-23,25,29H,16H2,(H,33,34,36,38). The Morgan fingerprint density at radius 1 is 0.814 bits per heavy atom. The van der Waals surface area contributed by atoms with E-state index in [4.69, 9.17) is 14.2 Å². The van der Waals surface area contributed by atoms with E-state index in [2.05, 4.69) is 20.3 Å². The fourth-order valence-electron chi connectivity index (χ4n) is 4.67. The molecule has 0 saturated carbocycles. The van der Waals surface area contributed by atoms with Crippen LogP contribution in [0.15, 0.2) is 104 Å². The second-order valence-electron chi connectivity index (χ2n) is 9.58. The number of hydrogen-bond acceptors (Lipinski definition) is 9. The summed E-state index contributed by atoms with van der Waals surface area (Å²) in [6.07, 6.45) is -3.34. The molecule has 11 nitrogen and oxygen atoms in total. The van der Waals surface area contributed by atoms with Gasteiger partial charge < -0.3 is 19.5 Å². The number of carbonyl (C=O) groups excluding carboxylic acids is 3. The van der Waals surface area contributed by atoms with E-state index in [-0.39, 0.29) is 22.5 Å². The number of benzene rings is 3. The number of alkyl halides is 1. The Bertz CT molecular complexity index is 1750. The van der Waals surface area contributed by atoms with Crippen molar-refractivity contribution in [2.75, 3.05) is 11.9 Å². The van der Waals surface area contributed by atoms with Crippen LogP contribution < -0.4 is 5.32 Å². The van der Waals surface area contributed by atoms with Crippen LogP contribution in [0, 0.1) is 0 Å². The molecule has 0 spiro atoms. The van der Waals surface area contributed by atoms with Gasteiger partial charge >= 0.3 is 11.9 Å². The highest BCUT2D eigenvalue weighted by Gasteiger charge is 2.50. The van der Waals surface area contributed by atoms with Crippen LogP contribution in [0.2, 0.25) is 0 Å². The Labute approximate surface area is 244 Å². The summed E-state index contributed by atoms with van der Waals surface area (Å²) < 4.78 is 34.5. The van der Waals surface area contributed by atoms with Gasteiger partial charge in [0.25, 0.3) is 5.91 Å². The number of carbonyl (C=O) groups is 3. The summed E-state index contributed by atoms with van der Waals surface area (Å²) in [5.74, 6) is -1.70. The Balaban J connectivity index is 1.26. The first-order valence-corrected chi connectivity index (χ1v) is 13.3. The van der Waals surface area contributed by atoms with Gasteiger partial charge in [-0.15, -0.1) is 0 Å². The molecule has 3 heterocycles. The first-order chi connectivity index (χ1) is 21.0. The zero-order chi connectivity index (χ0) is 29.8. The van der Waals surface area contributed by atoms with Crippen molar-refractivity contribution >= 4 is 34.8 Å². The van der Waals surface area contributed by atoms with Crippen molar-refractivity contribution in [3.63, 3.8) is 0 Å². The fraction of sp³-hybridized carbons (Fsp3) is 0.161. The highest BCUT2D eigenvalue weighted by molar-refractivity contribution is 6.06. The van der Waals surface area contributed by atoms with E-state index in [1.165, 1.54) is 17.2 Å². The lowest BCUT2D eigenvalue weighted by molar-refractivity contribution is -0.0570. The molecule has 5 aromatic rings. The highest BCUT2D eigenvalue weighted by atomic mass is 19.1. The molecule has 2 aromatic heterocycles. The molecule has 0 bridgehead atoms. The minimum Gasteiger partial charge on any atom is -0.459 e. The molecule has 4 atom stereocenters. The van der Waals surface area contributed by atoms with Gasteiger partial charge in [0.05, 0.1) is 17.5 Å². The number of rotatable bonds is 8. The molecule has 216 valence electrons. The van der Waals surface area contributed by atoms with Gasteiger partial charge in [0.15, 0.2) is 35.5 Å². The van der Waals surface area contributed by atoms with Crippen LogP contribution in [-0.4, -0.2) is 62.4 Å². The summed E-state index contributed by atoms with van der Waals surface area (Å²) in [5.41, 5.74) is 1.29. The summed E-state index contributed by atoms with van der Waals surface area (Å²) in [6.45, 7) is -0.391. The Morgan fingerprint density at radius 2 is 1.42 bits per heavy atom. The van der Waals surface area contributed by atoms with Crippen LogP contribution in [0.1, 0.15) is 37.3 Å². The number of amides is 1. The van der Waals surface area contributed by atoms with E-state index < -0.39 is 49.1 Å². The molecular formula is C31H24FN5O6. The first kappa shape index (κ1) is 27.7. The smallest absolute Gasteiger partial charge is 0.338 e. The SMILES string of the molecule is O=C(Nc1ncnc2c1ncn2C1OC(COC(=O)c2ccccc2)C(OC(=O)c2ccccc2)C1F)c1ccccc1. The molecule has 1 amide bonds. The molecule has 12 heteroatoms. The summed E-state index contributed by atoms with van der Waals surface area (Å²) in [7, 11) is 0. The first-order valence-electron chi connectivity index (χ1n) is 13.3. The second-order valence-corrected chi connectivity index (χ2v) is 9.58. The van der Waals surface area contributed by atoms with Gasteiger partial charge in [0.1, 0.15) is 19.0 Å². The number of halogens is 1. The van der Waals surface area contributed by atoms with Crippen LogP contribution in [-0.2, 0) is 14.2 Å². The molecule has 43 heavy (non-hydrogen) atoms. The Morgan fingerprint density at radius 3 is 2.07 bits per heavy atom. The summed E-state index contributed by atoms with van der Waals surface area (Å²) >= 11 is 0. The minimum absolute atomic E-state index is 0.117. The van der Waals surface area contributed by atoms with Crippen molar-refractivity contribution in [1.29, 1.82) is 0 Å². The van der Waals surface area contributed by atoms with Crippen LogP contribution in [0.25, 0.3) is 11.2 Å². The van der Waals surface area contributed by atoms with Gasteiger partial charge in [-0.25, -0.2) is 28.9 Å². The van der Waals surface area contributed by atoms with Crippen molar-refractivity contribution in [3.8, 4) is 0 Å². The van der Waals surface area contributed by atoms with E-state index >= 15 is 4.39 Å². The molecule has 1 N–H and O–H groups in total. The molecule has 0 radical (unpaired) electrons. The lowest BCUT2D eigenvalue weighted by Crippen LogP contribution is -2.37. The third kappa shape index (κ3) is 5.81. The van der Waals surface area contributed by atoms with Crippen molar-refractivity contribution in [2.45, 2.75) is 24.6 Å². The van der Waals surface area contributed by atoms with Gasteiger partial charge in [-0.05, 0) is 36.4 Å². The molecule has 1 aliphatic rings. The third-order valence-electron chi connectivity index (χ3n) is 6.81. The van der Waals surface area contributed by atoms with Crippen LogP contribution in [0.5, 0.6) is 0 Å². The molecular weight excluding hydrogens is 557 g/mol. The summed E-state index contributed by atoms with van der Waals surface area (Å²) in [6, 6.07) is 24.9. The van der Waals surface area contributed by atoms with E-state index in [0.29, 0.717) is 11.1 Å². The summed E-state index contributed by atoms with van der Waals surface area (Å²) in [4.78, 5) is 50.9. The predicted octanol–water partition coefficient (Wildman–Crippen LogP) is 4.40. The van der Waals surface area contributed by atoms with Crippen molar-refractivity contribution < 1.29 is 33.0 Å². The number of fused-ring (bicyclic) bond motifs is 1. The van der Waals surface area contributed by atoms with Gasteiger partial charge in [-0.3, -0.25) is 9.36 Å². The fourth-order valence-corrected chi connectivity index (χ4v) is 4.67. The third-order valence-corrected chi connectivity index (χ3v) is 6.81. The van der Waals surface area contributed by atoms with Gasteiger partial charge in [0.2, 0.25) is 0 Å². The zero-order valence-electron chi connectivity index (χ0n) is 22.4. The van der Waals surface area contributed by atoms with Gasteiger partial charge in [-0.1, -0.05) is 54.6 Å². The largest absolute Gasteiger partial charge is 0.459 e. The number of nitrogens with one attached hydrogen (secondary N) is 1. The maximum atomic E-state index is 16.1. The average Bonchev–Trinajstić information content (AvgIpc) is 3.62. The number of aromatic nitrogens is 4. The Kier molecular flexibility index (Phi) is 7.83. The minimum atomic E-state index is -1.90.